The van der Waals surface area contributed by atoms with Gasteiger partial charge in [0, 0.05) is 0 Å². The molecule has 0 nitrogen and oxygen atoms in total. The Kier molecular flexibility index (Phi) is 6.80. The highest BCUT2D eigenvalue weighted by atomic mass is 14.3. The molecule has 2 heterocycles. The molecular formula is C64H36B2. The Morgan fingerprint density at radius 3 is 0.848 bits per heavy atom. The Bertz CT molecular complexity index is 4090. The molecule has 0 bridgehead atoms. The standard InChI is InChI=1S/C64H36B2/c1-7-19-45-37(13-1)25-31-53-51-29-27-44-36-56-60-52(54-32-26-38-14-2-8-20-46(38)64(54)66(56)62-49-23-11-5-17-41(49)34-42-18-6-12-24-50(42)62)30-28-43-35-55(59(51)57(44)58(43)60)65(63(45)53)61-47-21-9-3-15-39(47)33-40-16-4-10-22-48(40)61/h1-36H. The van der Waals surface area contributed by atoms with E-state index in [4.69, 9.17) is 0 Å². The third-order valence-electron chi connectivity index (χ3n) is 15.8. The minimum atomic E-state index is -0.00227. The number of rotatable bonds is 2. The molecule has 0 saturated carbocycles. The van der Waals surface area contributed by atoms with E-state index >= 15 is 0 Å². The van der Waals surface area contributed by atoms with Crippen LogP contribution >= 0.6 is 0 Å². The van der Waals surface area contributed by atoms with E-state index in [1.54, 1.807) is 0 Å². The molecule has 0 saturated heterocycles. The fourth-order valence-corrected chi connectivity index (χ4v) is 13.3. The first kappa shape index (κ1) is 35.2. The lowest BCUT2D eigenvalue weighted by Gasteiger charge is -2.34. The quantitative estimate of drug-likeness (QED) is 0.0925. The summed E-state index contributed by atoms with van der Waals surface area (Å²) < 4.78 is 0. The zero-order valence-electron chi connectivity index (χ0n) is 35.9. The van der Waals surface area contributed by atoms with Crippen molar-refractivity contribution in [3.8, 4) is 22.3 Å². The summed E-state index contributed by atoms with van der Waals surface area (Å²) in [5, 5.41) is 23.8. The van der Waals surface area contributed by atoms with Gasteiger partial charge in [0.15, 0.2) is 0 Å². The van der Waals surface area contributed by atoms with Crippen LogP contribution in [-0.2, 0) is 0 Å². The second kappa shape index (κ2) is 12.7. The summed E-state index contributed by atoms with van der Waals surface area (Å²) in [5.74, 6) is 0. The third-order valence-corrected chi connectivity index (χ3v) is 15.8. The molecule has 0 aromatic heterocycles. The van der Waals surface area contributed by atoms with E-state index in [0.29, 0.717) is 0 Å². The van der Waals surface area contributed by atoms with Crippen molar-refractivity contribution in [3.05, 3.63) is 218 Å². The van der Waals surface area contributed by atoms with Crippen LogP contribution in [-0.4, -0.2) is 13.4 Å². The van der Waals surface area contributed by atoms with Crippen molar-refractivity contribution in [3.63, 3.8) is 0 Å². The zero-order valence-corrected chi connectivity index (χ0v) is 35.9. The van der Waals surface area contributed by atoms with Crippen LogP contribution in [0.1, 0.15) is 0 Å². The minimum Gasteiger partial charge on any atom is -0.0616 e. The molecule has 0 unspecified atom stereocenters. The van der Waals surface area contributed by atoms with Gasteiger partial charge in [-0.15, -0.1) is 0 Å². The summed E-state index contributed by atoms with van der Waals surface area (Å²) in [6.07, 6.45) is 0. The maximum Gasteiger partial charge on any atom is 0.245 e. The summed E-state index contributed by atoms with van der Waals surface area (Å²) in [5.41, 5.74) is 13.7. The maximum absolute atomic E-state index is 2.61. The van der Waals surface area contributed by atoms with Gasteiger partial charge in [-0.25, -0.2) is 0 Å². The van der Waals surface area contributed by atoms with Crippen molar-refractivity contribution in [2.45, 2.75) is 0 Å². The second-order valence-electron chi connectivity index (χ2n) is 18.9. The number of benzene rings is 14. The Balaban J connectivity index is 1.10. The van der Waals surface area contributed by atoms with E-state index in [-0.39, 0.29) is 13.4 Å². The zero-order chi connectivity index (χ0) is 42.8. The molecule has 2 aliphatic rings. The smallest absolute Gasteiger partial charge is 0.0616 e. The fourth-order valence-electron chi connectivity index (χ4n) is 13.3. The first-order valence-corrected chi connectivity index (χ1v) is 23.4. The Hall–Kier alpha value is -8.19. The molecule has 14 aromatic rings. The van der Waals surface area contributed by atoms with Crippen molar-refractivity contribution in [1.82, 2.24) is 0 Å². The van der Waals surface area contributed by atoms with Crippen LogP contribution in [0, 0.1) is 0 Å². The van der Waals surface area contributed by atoms with Gasteiger partial charge in [-0.2, -0.15) is 0 Å². The lowest BCUT2D eigenvalue weighted by atomic mass is 9.31. The van der Waals surface area contributed by atoms with Crippen molar-refractivity contribution in [2.75, 3.05) is 0 Å². The van der Waals surface area contributed by atoms with Gasteiger partial charge in [0.1, 0.15) is 0 Å². The number of hydrogen-bond donors (Lipinski definition) is 0. The molecule has 0 spiro atoms. The van der Waals surface area contributed by atoms with Gasteiger partial charge in [0.25, 0.3) is 0 Å². The van der Waals surface area contributed by atoms with Crippen LogP contribution in [0.4, 0.5) is 0 Å². The van der Waals surface area contributed by atoms with E-state index in [9.17, 15) is 0 Å². The maximum atomic E-state index is 2.61. The predicted octanol–water partition coefficient (Wildman–Crippen LogP) is 12.5. The predicted molar refractivity (Wildman–Crippen MR) is 288 cm³/mol. The fraction of sp³-hybridized carbons (Fsp3) is 0. The van der Waals surface area contributed by atoms with Gasteiger partial charge in [-0.1, -0.05) is 239 Å². The molecule has 0 radical (unpaired) electrons. The lowest BCUT2D eigenvalue weighted by molar-refractivity contribution is 1.69. The van der Waals surface area contributed by atoms with E-state index in [0.717, 1.165) is 0 Å². The van der Waals surface area contributed by atoms with Crippen LogP contribution in [0.25, 0.3) is 119 Å². The van der Waals surface area contributed by atoms with Gasteiger partial charge < -0.3 is 0 Å². The normalized spacial score (nSPS) is 13.1. The Morgan fingerprint density at radius 2 is 0.485 bits per heavy atom. The van der Waals surface area contributed by atoms with E-state index in [2.05, 4.69) is 218 Å². The molecule has 14 aromatic carbocycles. The SMILES string of the molecule is c1ccc2c3c(ccc2c1)-c1ccc2cc4c5c(ccc6cc(c1c2c65)B3c1c2ccccc2cc2ccccc12)-c1ccc2ccccc2c1B4c1c2ccccc2cc2ccccc12. The van der Waals surface area contributed by atoms with Crippen LogP contribution < -0.4 is 32.8 Å². The molecule has 2 aliphatic heterocycles. The van der Waals surface area contributed by atoms with E-state index in [1.807, 2.05) is 0 Å². The van der Waals surface area contributed by atoms with Crippen molar-refractivity contribution < 1.29 is 0 Å². The third kappa shape index (κ3) is 4.46. The Morgan fingerprint density at radius 1 is 0.197 bits per heavy atom. The molecule has 66 heavy (non-hydrogen) atoms. The van der Waals surface area contributed by atoms with E-state index in [1.165, 1.54) is 152 Å². The first-order valence-electron chi connectivity index (χ1n) is 23.4. The van der Waals surface area contributed by atoms with E-state index < -0.39 is 0 Å². The van der Waals surface area contributed by atoms with Gasteiger partial charge in [-0.3, -0.25) is 0 Å². The molecule has 0 amide bonds. The summed E-state index contributed by atoms with van der Waals surface area (Å²) >= 11 is 0. The van der Waals surface area contributed by atoms with Crippen molar-refractivity contribution in [2.24, 2.45) is 0 Å². The highest BCUT2D eigenvalue weighted by Crippen LogP contribution is 2.45. The minimum absolute atomic E-state index is 0.00227. The first-order chi connectivity index (χ1) is 32.8. The topological polar surface area (TPSA) is 0 Å². The Labute approximate surface area is 381 Å². The van der Waals surface area contributed by atoms with Gasteiger partial charge >= 0.3 is 0 Å². The molecular weight excluding hydrogens is 790 g/mol. The molecule has 2 heteroatoms. The summed E-state index contributed by atoms with van der Waals surface area (Å²) in [7, 11) is 0. The molecule has 0 N–H and O–H groups in total. The largest absolute Gasteiger partial charge is 0.245 e. The summed E-state index contributed by atoms with van der Waals surface area (Å²) in [4.78, 5) is 0. The molecule has 0 atom stereocenters. The molecule has 16 rings (SSSR count). The summed E-state index contributed by atoms with van der Waals surface area (Å²) in [6, 6.07) is 83.8. The monoisotopic (exact) mass is 826 g/mol. The summed E-state index contributed by atoms with van der Waals surface area (Å²) in [6.45, 7) is -0.00455. The van der Waals surface area contributed by atoms with Crippen LogP contribution in [0.2, 0.25) is 0 Å². The lowest BCUT2D eigenvalue weighted by Crippen LogP contribution is -2.56. The van der Waals surface area contributed by atoms with Crippen molar-refractivity contribution >= 4 is 143 Å². The highest BCUT2D eigenvalue weighted by Gasteiger charge is 2.40. The average molecular weight is 827 g/mol. The number of fused-ring (bicyclic) bond motifs is 12. The van der Waals surface area contributed by atoms with Crippen molar-refractivity contribution in [1.29, 1.82) is 0 Å². The van der Waals surface area contributed by atoms with Gasteiger partial charge in [0.2, 0.25) is 13.4 Å². The van der Waals surface area contributed by atoms with Crippen LogP contribution in [0.5, 0.6) is 0 Å². The molecule has 0 aliphatic carbocycles. The average Bonchev–Trinajstić information content (AvgIpc) is 3.37. The molecule has 0 fully saturated rings. The number of hydrogen-bond acceptors (Lipinski definition) is 0. The van der Waals surface area contributed by atoms with Crippen LogP contribution in [0.15, 0.2) is 218 Å². The molecule has 298 valence electrons. The highest BCUT2D eigenvalue weighted by molar-refractivity contribution is 7.04. The van der Waals surface area contributed by atoms with Gasteiger partial charge in [0.05, 0.1) is 0 Å². The second-order valence-corrected chi connectivity index (χ2v) is 18.9. The van der Waals surface area contributed by atoms with Gasteiger partial charge in [-0.05, 0) is 131 Å². The van der Waals surface area contributed by atoms with Crippen LogP contribution in [0.3, 0.4) is 0 Å².